The van der Waals surface area contributed by atoms with Gasteiger partial charge in [-0.1, -0.05) is 61.8 Å². The average Bonchev–Trinajstić information content (AvgIpc) is 2.86. The zero-order chi connectivity index (χ0) is 17.3. The lowest BCUT2D eigenvalue weighted by Gasteiger charge is -2.25. The number of nitrogens with two attached hydrogens (primary N) is 1. The van der Waals surface area contributed by atoms with Gasteiger partial charge in [-0.15, -0.1) is 12.4 Å². The molecule has 0 bridgehead atoms. The summed E-state index contributed by atoms with van der Waals surface area (Å²) in [6.45, 7) is 4.12. The summed E-state index contributed by atoms with van der Waals surface area (Å²) in [7, 11) is 0. The fourth-order valence-corrected chi connectivity index (χ4v) is 3.67. The third-order valence-corrected chi connectivity index (χ3v) is 5.05. The predicted molar refractivity (Wildman–Crippen MR) is 105 cm³/mol. The molecule has 3 atom stereocenters. The highest BCUT2D eigenvalue weighted by molar-refractivity contribution is 6.30. The van der Waals surface area contributed by atoms with Crippen LogP contribution in [0.1, 0.15) is 42.5 Å². The van der Waals surface area contributed by atoms with Crippen LogP contribution in [-0.2, 0) is 11.2 Å². The summed E-state index contributed by atoms with van der Waals surface area (Å²) in [6.07, 6.45) is 0.786. The van der Waals surface area contributed by atoms with Crippen molar-refractivity contribution in [1.29, 1.82) is 0 Å². The van der Waals surface area contributed by atoms with E-state index in [1.807, 2.05) is 42.5 Å². The zero-order valence-corrected chi connectivity index (χ0v) is 16.0. The summed E-state index contributed by atoms with van der Waals surface area (Å²) in [4.78, 5) is 12.9. The molecule has 5 heteroatoms. The van der Waals surface area contributed by atoms with Crippen LogP contribution < -0.4 is 11.1 Å². The van der Waals surface area contributed by atoms with E-state index < -0.39 is 0 Å². The summed E-state index contributed by atoms with van der Waals surface area (Å²) < 4.78 is 0. The van der Waals surface area contributed by atoms with Crippen LogP contribution >= 0.6 is 24.0 Å². The molecule has 0 radical (unpaired) electrons. The van der Waals surface area contributed by atoms with Crippen LogP contribution in [0.3, 0.4) is 0 Å². The minimum Gasteiger partial charge on any atom is -0.351 e. The molecule has 1 aliphatic carbocycles. The molecule has 0 spiro atoms. The smallest absolute Gasteiger partial charge is 0.228 e. The van der Waals surface area contributed by atoms with Gasteiger partial charge in [0.2, 0.25) is 5.91 Å². The highest BCUT2D eigenvalue weighted by atomic mass is 35.5. The second-order valence-electron chi connectivity index (χ2n) is 6.82. The predicted octanol–water partition coefficient (Wildman–Crippen LogP) is 4.24. The van der Waals surface area contributed by atoms with Crippen LogP contribution in [0.2, 0.25) is 5.02 Å². The van der Waals surface area contributed by atoms with Gasteiger partial charge in [-0.2, -0.15) is 0 Å². The second-order valence-corrected chi connectivity index (χ2v) is 7.25. The van der Waals surface area contributed by atoms with Crippen molar-refractivity contribution in [1.82, 2.24) is 5.32 Å². The van der Waals surface area contributed by atoms with Crippen LogP contribution in [0.15, 0.2) is 48.5 Å². The van der Waals surface area contributed by atoms with Crippen LogP contribution in [-0.4, -0.2) is 11.9 Å². The molecule has 0 heterocycles. The fraction of sp³-hybridized carbons (Fsp3) is 0.350. The Morgan fingerprint density at radius 3 is 2.40 bits per heavy atom. The molecule has 0 fully saturated rings. The number of carbonyl (C=O) groups excluding carboxylic acids is 1. The van der Waals surface area contributed by atoms with Gasteiger partial charge in [-0.25, -0.2) is 0 Å². The third kappa shape index (κ3) is 4.17. The van der Waals surface area contributed by atoms with Gasteiger partial charge in [0, 0.05) is 5.02 Å². The Labute approximate surface area is 160 Å². The zero-order valence-electron chi connectivity index (χ0n) is 14.4. The van der Waals surface area contributed by atoms with E-state index in [1.54, 1.807) is 0 Å². The molecule has 2 aromatic carbocycles. The topological polar surface area (TPSA) is 55.1 Å². The molecule has 0 saturated carbocycles. The van der Waals surface area contributed by atoms with E-state index in [-0.39, 0.29) is 42.2 Å². The number of halogens is 2. The Balaban J connectivity index is 0.00000225. The van der Waals surface area contributed by atoms with Gasteiger partial charge in [0.1, 0.15) is 0 Å². The van der Waals surface area contributed by atoms with Gasteiger partial charge < -0.3 is 11.1 Å². The van der Waals surface area contributed by atoms with Crippen molar-refractivity contribution in [2.24, 2.45) is 11.7 Å². The first-order valence-corrected chi connectivity index (χ1v) is 8.74. The summed E-state index contributed by atoms with van der Waals surface area (Å²) in [5, 5.41) is 3.85. The molecule has 3 nitrogen and oxygen atoms in total. The SMILES string of the molecule is CC(C)C(C(=O)N[C@H]1Cc2ccccc2[C@@H]1N)c1ccc(Cl)cc1.Cl. The lowest BCUT2D eigenvalue weighted by molar-refractivity contribution is -0.124. The van der Waals surface area contributed by atoms with Gasteiger partial charge in [-0.3, -0.25) is 4.79 Å². The second kappa shape index (κ2) is 8.22. The highest BCUT2D eigenvalue weighted by Gasteiger charge is 2.33. The highest BCUT2D eigenvalue weighted by Crippen LogP contribution is 2.31. The minimum atomic E-state index is -0.210. The summed E-state index contributed by atoms with van der Waals surface area (Å²) in [6, 6.07) is 15.4. The first-order chi connectivity index (χ1) is 11.5. The summed E-state index contributed by atoms with van der Waals surface area (Å²) >= 11 is 5.97. The molecular formula is C20H24Cl2N2O. The Hall–Kier alpha value is -1.55. The molecule has 1 amide bonds. The van der Waals surface area contributed by atoms with Crippen molar-refractivity contribution < 1.29 is 4.79 Å². The van der Waals surface area contributed by atoms with Gasteiger partial charge in [0.15, 0.2) is 0 Å². The normalized spacial score (nSPS) is 19.9. The molecule has 3 rings (SSSR count). The van der Waals surface area contributed by atoms with Crippen molar-refractivity contribution >= 4 is 29.9 Å². The largest absolute Gasteiger partial charge is 0.351 e. The molecule has 25 heavy (non-hydrogen) atoms. The maximum Gasteiger partial charge on any atom is 0.228 e. The van der Waals surface area contributed by atoms with Crippen molar-refractivity contribution in [2.45, 2.75) is 38.3 Å². The minimum absolute atomic E-state index is 0. The fourth-order valence-electron chi connectivity index (χ4n) is 3.55. The van der Waals surface area contributed by atoms with E-state index in [4.69, 9.17) is 17.3 Å². The number of benzene rings is 2. The van der Waals surface area contributed by atoms with Crippen molar-refractivity contribution in [3.8, 4) is 0 Å². The molecule has 1 unspecified atom stereocenters. The van der Waals surface area contributed by atoms with E-state index >= 15 is 0 Å². The molecule has 134 valence electrons. The van der Waals surface area contributed by atoms with Gasteiger partial charge >= 0.3 is 0 Å². The third-order valence-electron chi connectivity index (χ3n) is 4.79. The lowest BCUT2D eigenvalue weighted by atomic mass is 9.87. The Morgan fingerprint density at radius 2 is 1.80 bits per heavy atom. The Kier molecular flexibility index (Phi) is 6.50. The van der Waals surface area contributed by atoms with E-state index in [0.717, 1.165) is 17.5 Å². The Bertz CT molecular complexity index is 731. The van der Waals surface area contributed by atoms with E-state index in [0.29, 0.717) is 5.02 Å². The number of nitrogens with one attached hydrogen (secondary N) is 1. The van der Waals surface area contributed by atoms with Crippen LogP contribution in [0.25, 0.3) is 0 Å². The molecule has 3 N–H and O–H groups in total. The van der Waals surface area contributed by atoms with E-state index in [9.17, 15) is 4.79 Å². The number of amides is 1. The van der Waals surface area contributed by atoms with E-state index in [2.05, 4.69) is 25.2 Å². The summed E-state index contributed by atoms with van der Waals surface area (Å²) in [5.41, 5.74) is 9.68. The molecule has 0 saturated heterocycles. The molecular weight excluding hydrogens is 355 g/mol. The maximum absolute atomic E-state index is 12.9. The number of carbonyl (C=O) groups is 1. The molecule has 0 aromatic heterocycles. The van der Waals surface area contributed by atoms with Gasteiger partial charge in [0.25, 0.3) is 0 Å². The van der Waals surface area contributed by atoms with Crippen LogP contribution in [0.5, 0.6) is 0 Å². The average molecular weight is 379 g/mol. The lowest BCUT2D eigenvalue weighted by Crippen LogP contribution is -2.43. The Morgan fingerprint density at radius 1 is 1.16 bits per heavy atom. The van der Waals surface area contributed by atoms with E-state index in [1.165, 1.54) is 5.56 Å². The number of hydrogen-bond donors (Lipinski definition) is 2. The molecule has 0 aliphatic heterocycles. The van der Waals surface area contributed by atoms with Crippen LogP contribution in [0.4, 0.5) is 0 Å². The standard InChI is InChI=1S/C20H23ClN2O.ClH/c1-12(2)18(13-7-9-15(21)10-8-13)20(24)23-17-11-14-5-3-4-6-16(14)19(17)22;/h3-10,12,17-19H,11,22H2,1-2H3,(H,23,24);1H/t17-,18?,19-;/m0./s1. The van der Waals surface area contributed by atoms with Crippen molar-refractivity contribution in [2.75, 3.05) is 0 Å². The van der Waals surface area contributed by atoms with Gasteiger partial charge in [0.05, 0.1) is 18.0 Å². The molecule has 2 aromatic rings. The van der Waals surface area contributed by atoms with Gasteiger partial charge in [-0.05, 0) is 41.2 Å². The summed E-state index contributed by atoms with van der Waals surface area (Å²) in [5.74, 6) is 0.00457. The quantitative estimate of drug-likeness (QED) is 0.835. The first kappa shape index (κ1) is 19.8. The number of hydrogen-bond acceptors (Lipinski definition) is 2. The number of fused-ring (bicyclic) bond motifs is 1. The molecule has 1 aliphatic rings. The van der Waals surface area contributed by atoms with Crippen molar-refractivity contribution in [3.05, 3.63) is 70.2 Å². The first-order valence-electron chi connectivity index (χ1n) is 8.36. The monoisotopic (exact) mass is 378 g/mol. The van der Waals surface area contributed by atoms with Crippen molar-refractivity contribution in [3.63, 3.8) is 0 Å². The number of rotatable bonds is 4. The van der Waals surface area contributed by atoms with Crippen LogP contribution in [0, 0.1) is 5.92 Å². The maximum atomic E-state index is 12.9.